The van der Waals surface area contributed by atoms with Crippen LogP contribution in [0.25, 0.3) is 11.5 Å². The van der Waals surface area contributed by atoms with Gasteiger partial charge < -0.3 is 14.6 Å². The Kier molecular flexibility index (Phi) is 5.43. The van der Waals surface area contributed by atoms with Crippen LogP contribution in [0.4, 0.5) is 11.4 Å². The van der Waals surface area contributed by atoms with E-state index >= 15 is 0 Å². The molecule has 0 atom stereocenters. The monoisotopic (exact) mass is 383 g/mol. The van der Waals surface area contributed by atoms with Gasteiger partial charge in [-0.25, -0.2) is 0 Å². The second kappa shape index (κ2) is 8.30. The minimum atomic E-state index is -0.0865. The number of aromatic nitrogens is 3. The predicted octanol–water partition coefficient (Wildman–Crippen LogP) is 3.75. The number of thiophene rings is 1. The fraction of sp³-hybridized carbons (Fsp3) is 0.368. The predicted molar refractivity (Wildman–Crippen MR) is 105 cm³/mol. The van der Waals surface area contributed by atoms with E-state index in [2.05, 4.69) is 25.4 Å². The van der Waals surface area contributed by atoms with Gasteiger partial charge in [-0.2, -0.15) is 11.3 Å². The number of anilines is 2. The van der Waals surface area contributed by atoms with E-state index in [1.165, 1.54) is 19.3 Å². The first-order valence-electron chi connectivity index (χ1n) is 9.13. The summed E-state index contributed by atoms with van der Waals surface area (Å²) in [6.07, 6.45) is 7.79. The van der Waals surface area contributed by atoms with Gasteiger partial charge in [0.1, 0.15) is 0 Å². The van der Waals surface area contributed by atoms with Crippen LogP contribution >= 0.6 is 11.3 Å². The van der Waals surface area contributed by atoms with Crippen molar-refractivity contribution in [3.8, 4) is 11.5 Å². The van der Waals surface area contributed by atoms with Crippen molar-refractivity contribution in [3.05, 3.63) is 41.2 Å². The van der Waals surface area contributed by atoms with E-state index in [4.69, 9.17) is 4.42 Å². The van der Waals surface area contributed by atoms with Gasteiger partial charge in [-0.1, -0.05) is 0 Å². The number of nitrogens with zero attached hydrogens (tertiary/aromatic N) is 4. The zero-order valence-corrected chi connectivity index (χ0v) is 15.7. The van der Waals surface area contributed by atoms with Crippen LogP contribution in [0.1, 0.15) is 31.6 Å². The number of carbonyl (C=O) groups excluding carboxylic acids is 1. The van der Waals surface area contributed by atoms with Gasteiger partial charge in [0.05, 0.1) is 17.6 Å². The standard InChI is InChI=1S/C19H21N5O2S/c25-17(4-5-18-22-23-19(26-18)14-7-11-27-13-14)21-15-12-20-8-6-16(15)24-9-2-1-3-10-24/h6-8,11-13H,1-5,9-10H2,(H,21,25). The lowest BCUT2D eigenvalue weighted by Crippen LogP contribution is -2.30. The summed E-state index contributed by atoms with van der Waals surface area (Å²) in [5, 5.41) is 15.0. The van der Waals surface area contributed by atoms with Crippen LogP contribution in [0.5, 0.6) is 0 Å². The van der Waals surface area contributed by atoms with Crippen molar-refractivity contribution in [1.29, 1.82) is 0 Å². The van der Waals surface area contributed by atoms with Crippen LogP contribution in [-0.2, 0) is 11.2 Å². The van der Waals surface area contributed by atoms with Gasteiger partial charge in [0, 0.05) is 43.1 Å². The molecule has 0 spiro atoms. The van der Waals surface area contributed by atoms with Gasteiger partial charge in [0.25, 0.3) is 0 Å². The molecule has 8 heteroatoms. The van der Waals surface area contributed by atoms with E-state index in [1.807, 2.05) is 22.9 Å². The highest BCUT2D eigenvalue weighted by atomic mass is 32.1. The average Bonchev–Trinajstić information content (AvgIpc) is 3.39. The highest BCUT2D eigenvalue weighted by Gasteiger charge is 2.16. The second-order valence-corrected chi connectivity index (χ2v) is 7.28. The lowest BCUT2D eigenvalue weighted by Gasteiger charge is -2.30. The molecule has 4 heterocycles. The third-order valence-corrected chi connectivity index (χ3v) is 5.25. The summed E-state index contributed by atoms with van der Waals surface area (Å²) in [4.78, 5) is 18.9. The van der Waals surface area contributed by atoms with E-state index in [9.17, 15) is 4.79 Å². The van der Waals surface area contributed by atoms with Gasteiger partial charge in [-0.3, -0.25) is 9.78 Å². The number of hydrogen-bond donors (Lipinski definition) is 1. The van der Waals surface area contributed by atoms with Crippen molar-refractivity contribution >= 4 is 28.6 Å². The molecule has 140 valence electrons. The normalized spacial score (nSPS) is 14.3. The van der Waals surface area contributed by atoms with Crippen molar-refractivity contribution in [2.45, 2.75) is 32.1 Å². The van der Waals surface area contributed by atoms with Crippen molar-refractivity contribution in [2.75, 3.05) is 23.3 Å². The molecule has 0 aliphatic carbocycles. The minimum Gasteiger partial charge on any atom is -0.421 e. The Morgan fingerprint density at radius 1 is 1.22 bits per heavy atom. The highest BCUT2D eigenvalue weighted by Crippen LogP contribution is 2.27. The lowest BCUT2D eigenvalue weighted by atomic mass is 10.1. The van der Waals surface area contributed by atoms with Crippen molar-refractivity contribution in [1.82, 2.24) is 15.2 Å². The summed E-state index contributed by atoms with van der Waals surface area (Å²) < 4.78 is 5.63. The van der Waals surface area contributed by atoms with Crippen LogP contribution in [0.15, 0.2) is 39.7 Å². The third kappa shape index (κ3) is 4.33. The summed E-state index contributed by atoms with van der Waals surface area (Å²) >= 11 is 1.57. The van der Waals surface area contributed by atoms with Crippen LogP contribution in [-0.4, -0.2) is 34.2 Å². The Morgan fingerprint density at radius 3 is 2.93 bits per heavy atom. The lowest BCUT2D eigenvalue weighted by molar-refractivity contribution is -0.116. The number of rotatable bonds is 6. The minimum absolute atomic E-state index is 0.0865. The van der Waals surface area contributed by atoms with E-state index in [0.717, 1.165) is 30.0 Å². The Bertz CT molecular complexity index is 887. The zero-order chi connectivity index (χ0) is 18.5. The van der Waals surface area contributed by atoms with E-state index in [1.54, 1.807) is 23.7 Å². The van der Waals surface area contributed by atoms with Gasteiger partial charge in [0.15, 0.2) is 0 Å². The first-order chi connectivity index (χ1) is 13.3. The highest BCUT2D eigenvalue weighted by molar-refractivity contribution is 7.08. The number of piperidine rings is 1. The number of pyridine rings is 1. The number of nitrogens with one attached hydrogen (secondary N) is 1. The smallest absolute Gasteiger partial charge is 0.248 e. The first-order valence-corrected chi connectivity index (χ1v) is 10.1. The molecule has 27 heavy (non-hydrogen) atoms. The van der Waals surface area contributed by atoms with Gasteiger partial charge in [0.2, 0.25) is 17.7 Å². The van der Waals surface area contributed by atoms with E-state index < -0.39 is 0 Å². The topological polar surface area (TPSA) is 84.1 Å². The Labute approximate surface area is 161 Å². The molecule has 0 aromatic carbocycles. The van der Waals surface area contributed by atoms with Crippen LogP contribution < -0.4 is 10.2 Å². The summed E-state index contributed by atoms with van der Waals surface area (Å²) in [6.45, 7) is 2.03. The molecule has 1 amide bonds. The van der Waals surface area contributed by atoms with Crippen LogP contribution in [0, 0.1) is 0 Å². The number of hydrogen-bond acceptors (Lipinski definition) is 7. The quantitative estimate of drug-likeness (QED) is 0.698. The zero-order valence-electron chi connectivity index (χ0n) is 14.9. The van der Waals surface area contributed by atoms with E-state index in [0.29, 0.717) is 18.2 Å². The Balaban J connectivity index is 1.36. The molecule has 0 saturated carbocycles. The summed E-state index contributed by atoms with van der Waals surface area (Å²) in [7, 11) is 0. The van der Waals surface area contributed by atoms with Crippen LogP contribution in [0.2, 0.25) is 0 Å². The molecule has 0 unspecified atom stereocenters. The SMILES string of the molecule is O=C(CCc1nnc(-c2ccsc2)o1)Nc1cnccc1N1CCCCC1. The van der Waals surface area contributed by atoms with Crippen LogP contribution in [0.3, 0.4) is 0 Å². The molecular weight excluding hydrogens is 362 g/mol. The maximum absolute atomic E-state index is 12.4. The molecule has 0 radical (unpaired) electrons. The summed E-state index contributed by atoms with van der Waals surface area (Å²) in [5.41, 5.74) is 2.70. The molecular formula is C19H21N5O2S. The van der Waals surface area contributed by atoms with Crippen molar-refractivity contribution in [3.63, 3.8) is 0 Å². The molecule has 3 aromatic heterocycles. The van der Waals surface area contributed by atoms with Crippen molar-refractivity contribution in [2.24, 2.45) is 0 Å². The number of amides is 1. The van der Waals surface area contributed by atoms with Gasteiger partial charge in [-0.15, -0.1) is 10.2 Å². The van der Waals surface area contributed by atoms with Gasteiger partial charge in [-0.05, 0) is 36.8 Å². The summed E-state index contributed by atoms with van der Waals surface area (Å²) in [6, 6.07) is 3.89. The molecule has 1 saturated heterocycles. The molecule has 0 bridgehead atoms. The average molecular weight is 383 g/mol. The number of aryl methyl sites for hydroxylation is 1. The maximum atomic E-state index is 12.4. The first kappa shape index (κ1) is 17.7. The fourth-order valence-corrected chi connectivity index (χ4v) is 3.81. The molecule has 4 rings (SSSR count). The Hall–Kier alpha value is -2.74. The molecule has 1 fully saturated rings. The molecule has 1 aliphatic heterocycles. The molecule has 3 aromatic rings. The third-order valence-electron chi connectivity index (χ3n) is 4.57. The Morgan fingerprint density at radius 2 is 2.11 bits per heavy atom. The van der Waals surface area contributed by atoms with E-state index in [-0.39, 0.29) is 12.3 Å². The molecule has 1 aliphatic rings. The number of carbonyl (C=O) groups is 1. The van der Waals surface area contributed by atoms with Crippen molar-refractivity contribution < 1.29 is 9.21 Å². The largest absolute Gasteiger partial charge is 0.421 e. The fourth-order valence-electron chi connectivity index (χ4n) is 3.18. The molecule has 1 N–H and O–H groups in total. The summed E-state index contributed by atoms with van der Waals surface area (Å²) in [5.74, 6) is 0.872. The van der Waals surface area contributed by atoms with Gasteiger partial charge >= 0.3 is 0 Å². The second-order valence-electron chi connectivity index (χ2n) is 6.50. The maximum Gasteiger partial charge on any atom is 0.248 e. The molecule has 7 nitrogen and oxygen atoms in total.